The quantitative estimate of drug-likeness (QED) is 0.650. The predicted octanol–water partition coefficient (Wildman–Crippen LogP) is 1.70. The molecular formula is C11H21NO. The normalized spacial score (nSPS) is 28.8. The smallest absolute Gasteiger partial charge is 0.0540 e. The first-order chi connectivity index (χ1) is 6.18. The van der Waals surface area contributed by atoms with Crippen molar-refractivity contribution in [3.05, 3.63) is 12.2 Å². The van der Waals surface area contributed by atoms with Crippen LogP contribution in [0, 0.1) is 5.92 Å². The Labute approximate surface area is 81.0 Å². The first-order valence-corrected chi connectivity index (χ1v) is 5.21. The summed E-state index contributed by atoms with van der Waals surface area (Å²) in [5, 5.41) is 12.7. The van der Waals surface area contributed by atoms with Crippen molar-refractivity contribution in [3.8, 4) is 0 Å². The third-order valence-electron chi connectivity index (χ3n) is 2.68. The summed E-state index contributed by atoms with van der Waals surface area (Å²) >= 11 is 0. The van der Waals surface area contributed by atoms with Crippen molar-refractivity contribution >= 4 is 0 Å². The van der Waals surface area contributed by atoms with Crippen LogP contribution in [0.3, 0.4) is 0 Å². The lowest BCUT2D eigenvalue weighted by molar-refractivity contribution is 0.108. The zero-order valence-corrected chi connectivity index (χ0v) is 8.55. The zero-order valence-electron chi connectivity index (χ0n) is 8.55. The van der Waals surface area contributed by atoms with Crippen molar-refractivity contribution in [2.45, 2.75) is 38.7 Å². The molecule has 0 amide bonds. The van der Waals surface area contributed by atoms with Gasteiger partial charge >= 0.3 is 0 Å². The maximum atomic E-state index is 9.31. The fourth-order valence-corrected chi connectivity index (χ4v) is 1.84. The van der Waals surface area contributed by atoms with Gasteiger partial charge in [-0.15, -0.1) is 0 Å². The standard InChI is InChI=1S/C11H21NO/c1-9(2)7-12-8-10-3-5-11(13)6-4-10/h10-13H,1,3-8H2,2H3. The minimum absolute atomic E-state index is 0.0302. The molecule has 1 saturated carbocycles. The highest BCUT2D eigenvalue weighted by molar-refractivity contribution is 4.90. The average Bonchev–Trinajstić information content (AvgIpc) is 2.08. The largest absolute Gasteiger partial charge is 0.393 e. The summed E-state index contributed by atoms with van der Waals surface area (Å²) in [6.45, 7) is 7.90. The first-order valence-electron chi connectivity index (χ1n) is 5.21. The molecule has 0 atom stereocenters. The Morgan fingerprint density at radius 2 is 2.00 bits per heavy atom. The van der Waals surface area contributed by atoms with E-state index >= 15 is 0 Å². The van der Waals surface area contributed by atoms with Gasteiger partial charge in [-0.25, -0.2) is 0 Å². The van der Waals surface area contributed by atoms with E-state index in [1.807, 2.05) is 6.92 Å². The van der Waals surface area contributed by atoms with E-state index in [1.54, 1.807) is 0 Å². The van der Waals surface area contributed by atoms with Crippen LogP contribution in [0.4, 0.5) is 0 Å². The molecule has 2 heteroatoms. The summed E-state index contributed by atoms with van der Waals surface area (Å²) in [4.78, 5) is 0. The second-order valence-electron chi connectivity index (χ2n) is 4.26. The number of hydrogen-bond acceptors (Lipinski definition) is 2. The Bertz CT molecular complexity index is 159. The minimum Gasteiger partial charge on any atom is -0.393 e. The van der Waals surface area contributed by atoms with Crippen LogP contribution in [0.1, 0.15) is 32.6 Å². The first kappa shape index (κ1) is 10.7. The molecule has 0 aromatic rings. The van der Waals surface area contributed by atoms with E-state index in [0.717, 1.165) is 31.8 Å². The van der Waals surface area contributed by atoms with Gasteiger partial charge < -0.3 is 10.4 Å². The van der Waals surface area contributed by atoms with Crippen LogP contribution < -0.4 is 5.32 Å². The van der Waals surface area contributed by atoms with E-state index < -0.39 is 0 Å². The minimum atomic E-state index is -0.0302. The summed E-state index contributed by atoms with van der Waals surface area (Å²) in [6.07, 6.45) is 4.28. The molecule has 13 heavy (non-hydrogen) atoms. The number of aliphatic hydroxyl groups excluding tert-OH is 1. The van der Waals surface area contributed by atoms with Crippen LogP contribution in [-0.4, -0.2) is 24.3 Å². The van der Waals surface area contributed by atoms with Crippen LogP contribution in [0.2, 0.25) is 0 Å². The lowest BCUT2D eigenvalue weighted by atomic mass is 9.87. The Morgan fingerprint density at radius 1 is 1.38 bits per heavy atom. The van der Waals surface area contributed by atoms with Gasteiger partial charge in [0.15, 0.2) is 0 Å². The molecular weight excluding hydrogens is 162 g/mol. The van der Waals surface area contributed by atoms with Crippen LogP contribution in [-0.2, 0) is 0 Å². The number of aliphatic hydroxyl groups is 1. The van der Waals surface area contributed by atoms with Crippen molar-refractivity contribution in [2.24, 2.45) is 5.92 Å². The van der Waals surface area contributed by atoms with Gasteiger partial charge in [0.05, 0.1) is 6.10 Å². The summed E-state index contributed by atoms with van der Waals surface area (Å²) < 4.78 is 0. The summed E-state index contributed by atoms with van der Waals surface area (Å²) in [5.41, 5.74) is 1.19. The molecule has 0 aliphatic heterocycles. The van der Waals surface area contributed by atoms with Crippen molar-refractivity contribution in [3.63, 3.8) is 0 Å². The maximum absolute atomic E-state index is 9.31. The fraction of sp³-hybridized carbons (Fsp3) is 0.818. The van der Waals surface area contributed by atoms with Gasteiger partial charge in [0.1, 0.15) is 0 Å². The molecule has 1 rings (SSSR count). The molecule has 0 aromatic carbocycles. The SMILES string of the molecule is C=C(C)CNCC1CCC(O)CC1. The fourth-order valence-electron chi connectivity index (χ4n) is 1.84. The highest BCUT2D eigenvalue weighted by Gasteiger charge is 2.18. The Kier molecular flexibility index (Phi) is 4.46. The van der Waals surface area contributed by atoms with Crippen molar-refractivity contribution in [1.82, 2.24) is 5.32 Å². The number of rotatable bonds is 4. The molecule has 2 N–H and O–H groups in total. The summed E-state index contributed by atoms with van der Waals surface area (Å²) in [6, 6.07) is 0. The molecule has 0 bridgehead atoms. The van der Waals surface area contributed by atoms with Gasteiger partial charge in [-0.2, -0.15) is 0 Å². The number of hydrogen-bond donors (Lipinski definition) is 2. The second kappa shape index (κ2) is 5.40. The molecule has 0 unspecified atom stereocenters. The molecule has 0 saturated heterocycles. The van der Waals surface area contributed by atoms with Crippen molar-refractivity contribution < 1.29 is 5.11 Å². The van der Waals surface area contributed by atoms with E-state index in [1.165, 1.54) is 18.4 Å². The maximum Gasteiger partial charge on any atom is 0.0540 e. The average molecular weight is 183 g/mol. The zero-order chi connectivity index (χ0) is 9.68. The molecule has 2 nitrogen and oxygen atoms in total. The van der Waals surface area contributed by atoms with Gasteiger partial charge in [0, 0.05) is 6.54 Å². The highest BCUT2D eigenvalue weighted by Crippen LogP contribution is 2.23. The third kappa shape index (κ3) is 4.44. The summed E-state index contributed by atoms with van der Waals surface area (Å²) in [7, 11) is 0. The van der Waals surface area contributed by atoms with E-state index in [0.29, 0.717) is 0 Å². The highest BCUT2D eigenvalue weighted by atomic mass is 16.3. The molecule has 0 heterocycles. The molecule has 0 radical (unpaired) electrons. The predicted molar refractivity (Wildman–Crippen MR) is 55.6 cm³/mol. The Balaban J connectivity index is 2.05. The molecule has 76 valence electrons. The van der Waals surface area contributed by atoms with Crippen molar-refractivity contribution in [1.29, 1.82) is 0 Å². The Morgan fingerprint density at radius 3 is 2.54 bits per heavy atom. The van der Waals surface area contributed by atoms with Gasteiger partial charge in [-0.3, -0.25) is 0 Å². The number of nitrogens with one attached hydrogen (secondary N) is 1. The molecule has 1 aliphatic carbocycles. The van der Waals surface area contributed by atoms with Crippen LogP contribution in [0.15, 0.2) is 12.2 Å². The third-order valence-corrected chi connectivity index (χ3v) is 2.68. The van der Waals surface area contributed by atoms with E-state index in [4.69, 9.17) is 0 Å². The Hall–Kier alpha value is -0.340. The topological polar surface area (TPSA) is 32.3 Å². The van der Waals surface area contributed by atoms with Crippen LogP contribution >= 0.6 is 0 Å². The van der Waals surface area contributed by atoms with Crippen LogP contribution in [0.5, 0.6) is 0 Å². The van der Waals surface area contributed by atoms with Gasteiger partial charge in [-0.05, 0) is 45.1 Å². The second-order valence-corrected chi connectivity index (χ2v) is 4.26. The monoisotopic (exact) mass is 183 g/mol. The molecule has 0 spiro atoms. The lowest BCUT2D eigenvalue weighted by Gasteiger charge is -2.25. The molecule has 1 fully saturated rings. The van der Waals surface area contributed by atoms with E-state index in [2.05, 4.69) is 11.9 Å². The lowest BCUT2D eigenvalue weighted by Crippen LogP contribution is -2.28. The van der Waals surface area contributed by atoms with Crippen molar-refractivity contribution in [2.75, 3.05) is 13.1 Å². The van der Waals surface area contributed by atoms with Gasteiger partial charge in [0.25, 0.3) is 0 Å². The molecule has 1 aliphatic rings. The van der Waals surface area contributed by atoms with Gasteiger partial charge in [-0.1, -0.05) is 12.2 Å². The summed E-state index contributed by atoms with van der Waals surface area (Å²) in [5.74, 6) is 0.766. The van der Waals surface area contributed by atoms with Gasteiger partial charge in [0.2, 0.25) is 0 Å². The van der Waals surface area contributed by atoms with E-state index in [-0.39, 0.29) is 6.10 Å². The molecule has 0 aromatic heterocycles. The van der Waals surface area contributed by atoms with Crippen LogP contribution in [0.25, 0.3) is 0 Å². The van der Waals surface area contributed by atoms with E-state index in [9.17, 15) is 5.11 Å².